The van der Waals surface area contributed by atoms with Gasteiger partial charge in [0.1, 0.15) is 66.2 Å². The molecule has 7 aromatic rings. The number of nitrogens with one attached hydrogen (secondary N) is 2. The zero-order valence-electron chi connectivity index (χ0n) is 35.9. The Hall–Kier alpha value is -8.73. The highest BCUT2D eigenvalue weighted by molar-refractivity contribution is 6.11. The highest BCUT2D eigenvalue weighted by atomic mass is 16.6. The van der Waals surface area contributed by atoms with E-state index in [0.29, 0.717) is 52.3 Å². The average Bonchev–Trinajstić information content (AvgIpc) is 3.32. The van der Waals surface area contributed by atoms with E-state index in [4.69, 9.17) is 34.9 Å². The van der Waals surface area contributed by atoms with Gasteiger partial charge in [-0.3, -0.25) is 15.1 Å². The molecule has 0 bridgehead atoms. The summed E-state index contributed by atoms with van der Waals surface area (Å²) >= 11 is 0. The summed E-state index contributed by atoms with van der Waals surface area (Å²) in [6.07, 6.45) is 7.18. The molecule has 0 aromatic heterocycles. The number of terminal acetylenes is 1. The first-order valence-corrected chi connectivity index (χ1v) is 20.6. The minimum Gasteiger partial charge on any atom is -0.490 e. The molecule has 0 radical (unpaired) electrons. The van der Waals surface area contributed by atoms with E-state index in [2.05, 4.69) is 24.6 Å². The first-order valence-electron chi connectivity index (χ1n) is 20.6. The molecule has 0 aliphatic carbocycles. The molecule has 332 valence electrons. The van der Waals surface area contributed by atoms with Gasteiger partial charge >= 0.3 is 11.9 Å². The molecule has 0 heterocycles. The molecule has 0 aliphatic rings. The summed E-state index contributed by atoms with van der Waals surface area (Å²) in [7, 11) is 0. The summed E-state index contributed by atoms with van der Waals surface area (Å²) in [4.78, 5) is 42.2. The molecule has 13 nitrogen and oxygen atoms in total. The second kappa shape index (κ2) is 21.1. The Morgan fingerprint density at radius 1 is 0.545 bits per heavy atom. The Morgan fingerprint density at radius 3 is 1.58 bits per heavy atom. The predicted octanol–water partition coefficient (Wildman–Crippen LogP) is 11.2. The number of rotatable bonds is 20. The molecule has 0 atom stereocenters. The lowest BCUT2D eigenvalue weighted by Crippen LogP contribution is -2.18. The van der Waals surface area contributed by atoms with Crippen LogP contribution in [0.4, 0.5) is 11.4 Å². The number of benzene rings is 7. The molecule has 1 amide bonds. The quantitative estimate of drug-likeness (QED) is 0.0325. The van der Waals surface area contributed by atoms with Crippen molar-refractivity contribution in [3.63, 3.8) is 0 Å². The van der Waals surface area contributed by atoms with E-state index >= 15 is 0 Å². The lowest BCUT2D eigenvalue weighted by Gasteiger charge is -2.26. The number of ether oxygens (including phenoxy) is 5. The summed E-state index contributed by atoms with van der Waals surface area (Å²) in [5.41, 5.74) is 5.98. The molecule has 0 spiro atoms. The lowest BCUT2D eigenvalue weighted by molar-refractivity contribution is 0.0682. The predicted molar refractivity (Wildman–Crippen MR) is 248 cm³/mol. The Labute approximate surface area is 381 Å². The van der Waals surface area contributed by atoms with Crippen molar-refractivity contribution in [2.45, 2.75) is 25.9 Å². The van der Waals surface area contributed by atoms with Gasteiger partial charge < -0.3 is 39.2 Å². The summed E-state index contributed by atoms with van der Waals surface area (Å²) in [5.74, 6) is 0.856. The van der Waals surface area contributed by atoms with E-state index in [-0.39, 0.29) is 41.1 Å². The molecule has 0 unspecified atom stereocenters. The van der Waals surface area contributed by atoms with Crippen LogP contribution in [-0.2, 0) is 16.9 Å². The normalized spacial score (nSPS) is 10.8. The molecule has 0 saturated heterocycles. The molecular formula is C53H44N2O11. The summed E-state index contributed by atoms with van der Waals surface area (Å²) in [6, 6.07) is 47.6. The largest absolute Gasteiger partial charge is 0.490 e. The lowest BCUT2D eigenvalue weighted by atomic mass is 9.78. The van der Waals surface area contributed by atoms with Crippen LogP contribution in [0.2, 0.25) is 0 Å². The van der Waals surface area contributed by atoms with Crippen LogP contribution in [0.25, 0.3) is 0 Å². The number of carboxylic acids is 2. The number of amides is 1. The van der Waals surface area contributed by atoms with Gasteiger partial charge in [-0.25, -0.2) is 9.59 Å². The van der Waals surface area contributed by atoms with Crippen molar-refractivity contribution in [1.29, 1.82) is 0 Å². The molecule has 7 aromatic carbocycles. The standard InChI is InChI=1S/C53H44N2O11/c1-4-61-46-27-29-48(52(59)60)49(33-46)50(56)54-38-14-22-43(23-15-38)65-41-18-10-36(11-19-41)53(2,3)37-12-20-42(21-13-37)66-44-24-16-39(17-25-44)55-64-34-35-32-45(26-28-47(35)51(57)58)63-31-30-62-40-8-6-5-7-9-40/h1,5-29,32-33,55H,30-31,34H2,2-3H3,(H,54,56)(H,57,58)(H,59,60). The van der Waals surface area contributed by atoms with Crippen molar-refractivity contribution in [2.75, 3.05) is 24.0 Å². The Balaban J connectivity index is 0.881. The van der Waals surface area contributed by atoms with Gasteiger partial charge in [-0.15, -0.1) is 0 Å². The number of carboxylic acid groups (broad SMARTS) is 2. The molecule has 13 heteroatoms. The zero-order chi connectivity index (χ0) is 46.5. The topological polar surface area (TPSA) is 171 Å². The Bertz CT molecular complexity index is 2820. The average molecular weight is 885 g/mol. The fourth-order valence-electron chi connectivity index (χ4n) is 6.76. The van der Waals surface area contributed by atoms with Crippen LogP contribution in [0.15, 0.2) is 164 Å². The van der Waals surface area contributed by atoms with Gasteiger partial charge in [0.25, 0.3) is 5.91 Å². The van der Waals surface area contributed by atoms with Crippen LogP contribution >= 0.6 is 0 Å². The Morgan fingerprint density at radius 2 is 1.03 bits per heavy atom. The monoisotopic (exact) mass is 884 g/mol. The van der Waals surface area contributed by atoms with E-state index in [1.807, 2.05) is 85.0 Å². The van der Waals surface area contributed by atoms with E-state index < -0.39 is 17.8 Å². The molecular weight excluding hydrogens is 841 g/mol. The number of para-hydroxylation sites is 1. The summed E-state index contributed by atoms with van der Waals surface area (Å²) in [5, 5.41) is 22.0. The van der Waals surface area contributed by atoms with Crippen molar-refractivity contribution >= 4 is 29.2 Å². The van der Waals surface area contributed by atoms with Gasteiger partial charge in [-0.2, -0.15) is 0 Å². The highest BCUT2D eigenvalue weighted by Crippen LogP contribution is 2.35. The van der Waals surface area contributed by atoms with Gasteiger partial charge in [0.2, 0.25) is 0 Å². The van der Waals surface area contributed by atoms with Crippen LogP contribution in [-0.4, -0.2) is 41.3 Å². The Kier molecular flexibility index (Phi) is 14.5. The second-order valence-corrected chi connectivity index (χ2v) is 15.1. The van der Waals surface area contributed by atoms with Crippen molar-refractivity contribution in [3.8, 4) is 52.8 Å². The van der Waals surface area contributed by atoms with Crippen molar-refractivity contribution in [3.05, 3.63) is 197 Å². The van der Waals surface area contributed by atoms with E-state index in [0.717, 1.165) is 16.9 Å². The van der Waals surface area contributed by atoms with Crippen LogP contribution in [0.5, 0.6) is 40.2 Å². The number of hydrogen-bond acceptors (Lipinski definition) is 10. The van der Waals surface area contributed by atoms with Crippen molar-refractivity contribution < 1.29 is 53.1 Å². The summed E-state index contributed by atoms with van der Waals surface area (Å²) < 4.78 is 28.6. The third kappa shape index (κ3) is 11.8. The number of aromatic carboxylic acids is 2. The molecule has 0 saturated carbocycles. The first kappa shape index (κ1) is 45.3. The maximum Gasteiger partial charge on any atom is 0.336 e. The third-order valence-electron chi connectivity index (χ3n) is 10.3. The van der Waals surface area contributed by atoms with Crippen LogP contribution in [0, 0.1) is 12.5 Å². The molecule has 0 aliphatic heterocycles. The molecule has 7 rings (SSSR count). The van der Waals surface area contributed by atoms with Gasteiger partial charge in [-0.05, 0) is 138 Å². The number of anilines is 2. The molecule has 0 fully saturated rings. The van der Waals surface area contributed by atoms with Gasteiger partial charge in [0.15, 0.2) is 0 Å². The van der Waals surface area contributed by atoms with E-state index in [1.54, 1.807) is 60.7 Å². The number of hydrogen-bond donors (Lipinski definition) is 4. The van der Waals surface area contributed by atoms with E-state index in [1.165, 1.54) is 24.3 Å². The van der Waals surface area contributed by atoms with E-state index in [9.17, 15) is 24.6 Å². The van der Waals surface area contributed by atoms with Crippen molar-refractivity contribution in [1.82, 2.24) is 0 Å². The second-order valence-electron chi connectivity index (χ2n) is 15.1. The first-order chi connectivity index (χ1) is 31.9. The summed E-state index contributed by atoms with van der Waals surface area (Å²) in [6.45, 7) is 4.85. The molecule has 4 N–H and O–H groups in total. The SMILES string of the molecule is C#COc1ccc(C(=O)O)c(C(=O)Nc2ccc(Oc3ccc(C(C)(C)c4ccc(Oc5ccc(NOCc6cc(OCCOc7ccccc7)ccc6C(=O)O)cc5)cc4)cc3)cc2)c1. The number of carbonyl (C=O) groups is 3. The smallest absolute Gasteiger partial charge is 0.336 e. The van der Waals surface area contributed by atoms with Gasteiger partial charge in [-0.1, -0.05) is 62.7 Å². The van der Waals surface area contributed by atoms with Gasteiger partial charge in [0.05, 0.1) is 22.4 Å². The van der Waals surface area contributed by atoms with Crippen LogP contribution in [0.3, 0.4) is 0 Å². The maximum absolute atomic E-state index is 13.0. The fourth-order valence-corrected chi connectivity index (χ4v) is 6.76. The highest BCUT2D eigenvalue weighted by Gasteiger charge is 2.24. The van der Waals surface area contributed by atoms with Gasteiger partial charge in [0, 0.05) is 11.1 Å². The minimum atomic E-state index is -1.26. The molecule has 66 heavy (non-hydrogen) atoms. The third-order valence-corrected chi connectivity index (χ3v) is 10.3. The van der Waals surface area contributed by atoms with Crippen LogP contribution < -0.4 is 34.5 Å². The minimum absolute atomic E-state index is 0.0267. The zero-order valence-corrected chi connectivity index (χ0v) is 35.9. The van der Waals surface area contributed by atoms with Crippen molar-refractivity contribution in [2.24, 2.45) is 0 Å². The fraction of sp³-hybridized carbons (Fsp3) is 0.113. The van der Waals surface area contributed by atoms with Crippen LogP contribution in [0.1, 0.15) is 61.6 Å². The maximum atomic E-state index is 13.0. The number of carbonyl (C=O) groups excluding carboxylic acids is 1.